The molecule has 0 aromatic heterocycles. The maximum absolute atomic E-state index is 11.1. The molecule has 0 heterocycles. The first kappa shape index (κ1) is 12.8. The van der Waals surface area contributed by atoms with Crippen LogP contribution in [0, 0.1) is 0 Å². The first-order valence-electron chi connectivity index (χ1n) is 4.87. The molecular weight excluding hydrogens is 230 g/mol. The zero-order valence-electron chi connectivity index (χ0n) is 9.16. The number of amides is 1. The highest BCUT2D eigenvalue weighted by Crippen LogP contribution is 2.28. The summed E-state index contributed by atoms with van der Waals surface area (Å²) in [5.74, 6) is 0. The summed E-state index contributed by atoms with van der Waals surface area (Å²) in [6.07, 6.45) is -0.421. The average Bonchev–Trinajstić information content (AvgIpc) is 2.29. The Morgan fingerprint density at radius 2 is 2.19 bits per heavy atom. The Hall–Kier alpha value is -1.26. The third kappa shape index (κ3) is 2.65. The molecule has 0 bridgehead atoms. The number of aliphatic hydroxyl groups is 1. The lowest BCUT2D eigenvalue weighted by molar-refractivity contribution is -0.00142. The zero-order valence-corrected chi connectivity index (χ0v) is 9.91. The van der Waals surface area contributed by atoms with Gasteiger partial charge in [-0.2, -0.15) is 0 Å². The molecule has 0 aliphatic heterocycles. The topological polar surface area (TPSA) is 58.6 Å². The van der Waals surface area contributed by atoms with Crippen LogP contribution in [0.3, 0.4) is 0 Å². The fourth-order valence-corrected chi connectivity index (χ4v) is 1.65. The number of benzene rings is 1. The van der Waals surface area contributed by atoms with E-state index in [1.807, 2.05) is 0 Å². The van der Waals surface area contributed by atoms with E-state index >= 15 is 0 Å². The van der Waals surface area contributed by atoms with Crippen LogP contribution in [0.4, 0.5) is 4.79 Å². The van der Waals surface area contributed by atoms with Crippen LogP contribution in [0.1, 0.15) is 18.9 Å². The van der Waals surface area contributed by atoms with Crippen molar-refractivity contribution in [3.63, 3.8) is 0 Å². The molecule has 0 aliphatic carbocycles. The molecule has 88 valence electrons. The number of ether oxygens (including phenoxy) is 1. The van der Waals surface area contributed by atoms with E-state index in [2.05, 4.69) is 10.1 Å². The highest BCUT2D eigenvalue weighted by molar-refractivity contribution is 6.31. The molecule has 16 heavy (non-hydrogen) atoms. The van der Waals surface area contributed by atoms with E-state index in [1.165, 1.54) is 7.11 Å². The minimum absolute atomic E-state index is 0.284. The minimum atomic E-state index is -1.51. The molecule has 0 saturated carbocycles. The van der Waals surface area contributed by atoms with Crippen molar-refractivity contribution in [1.29, 1.82) is 0 Å². The van der Waals surface area contributed by atoms with Crippen molar-refractivity contribution in [1.82, 2.24) is 5.32 Å². The van der Waals surface area contributed by atoms with Gasteiger partial charge in [-0.3, -0.25) is 5.32 Å². The second-order valence-electron chi connectivity index (χ2n) is 3.31. The lowest BCUT2D eigenvalue weighted by atomic mass is 10.0. The Balaban J connectivity index is 3.05. The van der Waals surface area contributed by atoms with Gasteiger partial charge in [-0.05, 0) is 12.5 Å². The molecule has 0 saturated heterocycles. The molecule has 1 aromatic carbocycles. The van der Waals surface area contributed by atoms with Crippen molar-refractivity contribution in [2.24, 2.45) is 0 Å². The number of methoxy groups -OCH3 is 1. The second kappa shape index (κ2) is 5.18. The standard InChI is InChI=1S/C11H14ClNO3/c1-3-11(15,13-10(14)16-2)8-6-4-5-7-9(8)12/h4-7,15H,3H2,1-2H3,(H,13,14)/t11-/m0/s1. The average molecular weight is 244 g/mol. The van der Waals surface area contributed by atoms with Crippen LogP contribution in [-0.2, 0) is 10.5 Å². The van der Waals surface area contributed by atoms with Gasteiger partial charge in [-0.25, -0.2) is 4.79 Å². The first-order chi connectivity index (χ1) is 7.53. The van der Waals surface area contributed by atoms with Crippen molar-refractivity contribution in [3.8, 4) is 0 Å². The number of hydrogen-bond acceptors (Lipinski definition) is 3. The summed E-state index contributed by atoms with van der Waals surface area (Å²) in [6.45, 7) is 1.74. The Morgan fingerprint density at radius 3 is 2.69 bits per heavy atom. The molecule has 1 amide bonds. The van der Waals surface area contributed by atoms with Crippen LogP contribution < -0.4 is 5.32 Å². The normalized spacial score (nSPS) is 14.0. The summed E-state index contributed by atoms with van der Waals surface area (Å²) in [5, 5.41) is 13.0. The molecular formula is C11H14ClNO3. The number of carbonyl (C=O) groups is 1. The molecule has 0 spiro atoms. The van der Waals surface area contributed by atoms with Crippen LogP contribution in [0.25, 0.3) is 0 Å². The summed E-state index contributed by atoms with van der Waals surface area (Å²) in [6, 6.07) is 6.79. The van der Waals surface area contributed by atoms with Crippen LogP contribution >= 0.6 is 11.6 Å². The minimum Gasteiger partial charge on any atom is -0.453 e. The maximum Gasteiger partial charge on any atom is 0.409 e. The van der Waals surface area contributed by atoms with E-state index in [-0.39, 0.29) is 6.42 Å². The molecule has 1 rings (SSSR count). The molecule has 5 heteroatoms. The molecule has 2 N–H and O–H groups in total. The second-order valence-corrected chi connectivity index (χ2v) is 3.72. The largest absolute Gasteiger partial charge is 0.453 e. The van der Waals surface area contributed by atoms with Gasteiger partial charge in [0.05, 0.1) is 7.11 Å². The zero-order chi connectivity index (χ0) is 12.2. The molecule has 1 aromatic rings. The summed E-state index contributed by atoms with van der Waals surface area (Å²) < 4.78 is 4.46. The molecule has 0 radical (unpaired) electrons. The van der Waals surface area contributed by atoms with Gasteiger partial charge >= 0.3 is 6.09 Å². The van der Waals surface area contributed by atoms with Crippen LogP contribution in [0.5, 0.6) is 0 Å². The Kier molecular flexibility index (Phi) is 4.15. The summed E-state index contributed by atoms with van der Waals surface area (Å²) >= 11 is 5.96. The molecule has 4 nitrogen and oxygen atoms in total. The van der Waals surface area contributed by atoms with Crippen LogP contribution in [0.2, 0.25) is 5.02 Å². The summed E-state index contributed by atoms with van der Waals surface area (Å²) in [7, 11) is 1.23. The fraction of sp³-hybridized carbons (Fsp3) is 0.364. The van der Waals surface area contributed by atoms with E-state index in [0.717, 1.165) is 0 Å². The Morgan fingerprint density at radius 1 is 1.56 bits per heavy atom. The van der Waals surface area contributed by atoms with Gasteiger partial charge in [0.25, 0.3) is 0 Å². The van der Waals surface area contributed by atoms with Crippen molar-refractivity contribution in [2.75, 3.05) is 7.11 Å². The van der Waals surface area contributed by atoms with Gasteiger partial charge in [0.2, 0.25) is 0 Å². The predicted octanol–water partition coefficient (Wildman–Crippen LogP) is 2.25. The molecule has 0 unspecified atom stereocenters. The number of alkyl carbamates (subject to hydrolysis) is 1. The van der Waals surface area contributed by atoms with E-state index in [4.69, 9.17) is 11.6 Å². The highest BCUT2D eigenvalue weighted by atomic mass is 35.5. The number of halogens is 1. The monoisotopic (exact) mass is 243 g/mol. The lowest BCUT2D eigenvalue weighted by Gasteiger charge is -2.28. The molecule has 0 aliphatic rings. The van der Waals surface area contributed by atoms with E-state index in [9.17, 15) is 9.90 Å². The predicted molar refractivity (Wildman–Crippen MR) is 61.2 cm³/mol. The van der Waals surface area contributed by atoms with Crippen molar-refractivity contribution in [3.05, 3.63) is 34.9 Å². The van der Waals surface area contributed by atoms with Gasteiger partial charge in [-0.1, -0.05) is 36.7 Å². The van der Waals surface area contributed by atoms with E-state index in [0.29, 0.717) is 10.6 Å². The van der Waals surface area contributed by atoms with Gasteiger partial charge in [-0.15, -0.1) is 0 Å². The third-order valence-electron chi connectivity index (χ3n) is 2.33. The van der Waals surface area contributed by atoms with Gasteiger partial charge in [0, 0.05) is 10.6 Å². The summed E-state index contributed by atoms with van der Waals surface area (Å²) in [5.41, 5.74) is -1.06. The van der Waals surface area contributed by atoms with E-state index < -0.39 is 11.8 Å². The van der Waals surface area contributed by atoms with Gasteiger partial charge in [0.15, 0.2) is 5.72 Å². The third-order valence-corrected chi connectivity index (χ3v) is 2.65. The van der Waals surface area contributed by atoms with Gasteiger partial charge in [0.1, 0.15) is 0 Å². The van der Waals surface area contributed by atoms with Gasteiger partial charge < -0.3 is 9.84 Å². The number of hydrogen-bond donors (Lipinski definition) is 2. The lowest BCUT2D eigenvalue weighted by Crippen LogP contribution is -2.45. The van der Waals surface area contributed by atoms with Crippen LogP contribution in [0.15, 0.2) is 24.3 Å². The SMILES string of the molecule is CC[C@@](O)(NC(=O)OC)c1ccccc1Cl. The van der Waals surface area contributed by atoms with Crippen molar-refractivity contribution in [2.45, 2.75) is 19.1 Å². The van der Waals surface area contributed by atoms with E-state index in [1.54, 1.807) is 31.2 Å². The number of rotatable bonds is 3. The Labute approximate surface area is 99.2 Å². The maximum atomic E-state index is 11.1. The fourth-order valence-electron chi connectivity index (χ4n) is 1.36. The number of nitrogens with one attached hydrogen (secondary N) is 1. The molecule has 0 fully saturated rings. The van der Waals surface area contributed by atoms with Crippen LogP contribution in [-0.4, -0.2) is 18.3 Å². The molecule has 1 atom stereocenters. The first-order valence-corrected chi connectivity index (χ1v) is 5.25. The Bertz CT molecular complexity index is 383. The quantitative estimate of drug-likeness (QED) is 0.801. The highest BCUT2D eigenvalue weighted by Gasteiger charge is 2.31. The van der Waals surface area contributed by atoms with Crippen molar-refractivity contribution >= 4 is 17.7 Å². The van der Waals surface area contributed by atoms with Crippen molar-refractivity contribution < 1.29 is 14.6 Å². The smallest absolute Gasteiger partial charge is 0.409 e. The summed E-state index contributed by atoms with van der Waals surface area (Å²) in [4.78, 5) is 11.1. The number of carbonyl (C=O) groups excluding carboxylic acids is 1.